The third-order valence-electron chi connectivity index (χ3n) is 8.00. The van der Waals surface area contributed by atoms with Crippen molar-refractivity contribution in [1.82, 2.24) is 0 Å². The van der Waals surface area contributed by atoms with Crippen molar-refractivity contribution in [1.29, 1.82) is 0 Å². The van der Waals surface area contributed by atoms with Gasteiger partial charge in [-0.25, -0.2) is 0 Å². The first-order valence-corrected chi connectivity index (χ1v) is 9.06. The molecule has 0 spiro atoms. The zero-order valence-corrected chi connectivity index (χ0v) is 13.8. The van der Waals surface area contributed by atoms with Gasteiger partial charge in [-0.2, -0.15) is 0 Å². The fourth-order valence-electron chi connectivity index (χ4n) is 6.62. The van der Waals surface area contributed by atoms with Gasteiger partial charge in [0.25, 0.3) is 0 Å². The van der Waals surface area contributed by atoms with E-state index in [-0.39, 0.29) is 16.6 Å². The smallest absolute Gasteiger partial charge is 0.178 e. The fourth-order valence-corrected chi connectivity index (χ4v) is 6.62. The van der Waals surface area contributed by atoms with Crippen LogP contribution in [0.5, 0.6) is 0 Å². The van der Waals surface area contributed by atoms with Gasteiger partial charge in [-0.15, -0.1) is 0 Å². The van der Waals surface area contributed by atoms with Crippen LogP contribution in [0.3, 0.4) is 0 Å². The highest BCUT2D eigenvalue weighted by molar-refractivity contribution is 6.01. The van der Waals surface area contributed by atoms with E-state index in [0.717, 1.165) is 12.3 Å². The summed E-state index contributed by atoms with van der Waals surface area (Å²) >= 11 is 0. The molecule has 3 saturated carbocycles. The number of aliphatic hydroxyl groups is 1. The fraction of sp³-hybridized carbons (Fsp3) is 0.750. The number of ketones is 1. The first kappa shape index (κ1) is 14.7. The van der Waals surface area contributed by atoms with E-state index < -0.39 is 0 Å². The molecular formula is C20H28O2. The van der Waals surface area contributed by atoms with Gasteiger partial charge in [0.2, 0.25) is 0 Å². The first-order valence-electron chi connectivity index (χ1n) is 9.06. The van der Waals surface area contributed by atoms with E-state index in [4.69, 9.17) is 0 Å². The topological polar surface area (TPSA) is 37.3 Å². The van der Waals surface area contributed by atoms with Crippen LogP contribution in [0.1, 0.15) is 52.4 Å². The van der Waals surface area contributed by atoms with Crippen LogP contribution in [-0.4, -0.2) is 17.5 Å². The highest BCUT2D eigenvalue weighted by Gasteiger charge is 2.59. The van der Waals surface area contributed by atoms with Gasteiger partial charge >= 0.3 is 0 Å². The third-order valence-corrected chi connectivity index (χ3v) is 8.00. The normalized spacial score (nSPS) is 50.1. The van der Waals surface area contributed by atoms with Crippen molar-refractivity contribution < 1.29 is 9.90 Å². The van der Waals surface area contributed by atoms with Crippen LogP contribution in [0.25, 0.3) is 0 Å². The number of hydrogen-bond acceptors (Lipinski definition) is 2. The second-order valence-electron chi connectivity index (χ2n) is 8.51. The van der Waals surface area contributed by atoms with Crippen molar-refractivity contribution >= 4 is 5.78 Å². The molecule has 0 heterocycles. The lowest BCUT2D eigenvalue weighted by Crippen LogP contribution is -2.51. The third kappa shape index (κ3) is 1.73. The minimum absolute atomic E-state index is 0.0876. The molecule has 0 unspecified atom stereocenters. The summed E-state index contributed by atoms with van der Waals surface area (Å²) in [6.07, 6.45) is 13.1. The molecule has 6 atom stereocenters. The summed E-state index contributed by atoms with van der Waals surface area (Å²) in [4.78, 5) is 11.7. The average molecular weight is 300 g/mol. The summed E-state index contributed by atoms with van der Waals surface area (Å²) in [7, 11) is 0. The Bertz CT molecular complexity index is 560. The number of aliphatic hydroxyl groups excluding tert-OH is 1. The molecule has 0 aromatic carbocycles. The monoisotopic (exact) mass is 300 g/mol. The van der Waals surface area contributed by atoms with Gasteiger partial charge in [0.15, 0.2) is 5.78 Å². The maximum Gasteiger partial charge on any atom is 0.178 e. The number of rotatable bonds is 1. The van der Waals surface area contributed by atoms with Crippen molar-refractivity contribution in [3.8, 4) is 0 Å². The van der Waals surface area contributed by atoms with Crippen LogP contribution in [0, 0.1) is 34.5 Å². The lowest BCUT2D eigenvalue weighted by atomic mass is 9.47. The Labute approximate surface area is 133 Å². The van der Waals surface area contributed by atoms with Gasteiger partial charge in [0.05, 0.1) is 0 Å². The Balaban J connectivity index is 1.71. The number of fused-ring (bicyclic) bond motifs is 5. The molecule has 120 valence electrons. The van der Waals surface area contributed by atoms with E-state index in [1.165, 1.54) is 37.7 Å². The quantitative estimate of drug-likeness (QED) is 0.797. The molecule has 4 aliphatic carbocycles. The molecule has 2 nitrogen and oxygen atoms in total. The Morgan fingerprint density at radius 1 is 1.23 bits per heavy atom. The van der Waals surface area contributed by atoms with Gasteiger partial charge in [-0.3, -0.25) is 4.79 Å². The molecule has 0 aliphatic heterocycles. The van der Waals surface area contributed by atoms with E-state index in [1.54, 1.807) is 6.08 Å². The molecule has 4 aliphatic rings. The van der Waals surface area contributed by atoms with Crippen molar-refractivity contribution in [2.24, 2.45) is 34.5 Å². The van der Waals surface area contributed by atoms with Gasteiger partial charge < -0.3 is 5.11 Å². The predicted octanol–water partition coefficient (Wildman–Crippen LogP) is 3.90. The van der Waals surface area contributed by atoms with Gasteiger partial charge in [0, 0.05) is 12.0 Å². The first-order chi connectivity index (χ1) is 10.5. The standard InChI is InChI=1S/C20H28O2/c1-13-3-6-18-16-5-4-14-11-15(22)7-9-19(14,2)17(16)8-10-20(13,18)12-21/h7,9,11,13,16-18,21H,3-6,8,10,12H2,1-2H3/t13-,16-,17+,18+,19+,20+/m1/s1. The van der Waals surface area contributed by atoms with E-state index in [1.807, 2.05) is 6.08 Å². The van der Waals surface area contributed by atoms with Crippen LogP contribution in [-0.2, 0) is 4.79 Å². The molecule has 3 fully saturated rings. The molecule has 2 heteroatoms. The lowest BCUT2D eigenvalue weighted by molar-refractivity contribution is -0.111. The van der Waals surface area contributed by atoms with Gasteiger partial charge in [-0.1, -0.05) is 25.5 Å². The Kier molecular flexibility index (Phi) is 3.21. The number of allylic oxidation sites excluding steroid dienone is 4. The minimum atomic E-state index is 0.0876. The number of carbonyl (C=O) groups excluding carboxylic acids is 1. The van der Waals surface area contributed by atoms with Crippen LogP contribution < -0.4 is 0 Å². The van der Waals surface area contributed by atoms with Crippen LogP contribution in [0.4, 0.5) is 0 Å². The summed E-state index contributed by atoms with van der Waals surface area (Å²) in [5.74, 6) is 2.91. The molecule has 0 aromatic rings. The summed E-state index contributed by atoms with van der Waals surface area (Å²) in [5, 5.41) is 10.2. The predicted molar refractivity (Wildman–Crippen MR) is 87.2 cm³/mol. The highest BCUT2D eigenvalue weighted by atomic mass is 16.3. The SMILES string of the molecule is C[C@@H]1CC[C@H]2[C@@H]3CCC4=CC(=O)C=C[C@]4(C)[C@H]3CC[C@]12CO. The van der Waals surface area contributed by atoms with Crippen LogP contribution in [0.15, 0.2) is 23.8 Å². The molecule has 0 amide bonds. The maximum atomic E-state index is 11.7. The highest BCUT2D eigenvalue weighted by Crippen LogP contribution is 2.65. The zero-order valence-electron chi connectivity index (χ0n) is 13.8. The second kappa shape index (κ2) is 4.80. The molecular weight excluding hydrogens is 272 g/mol. The van der Waals surface area contributed by atoms with Crippen molar-refractivity contribution in [3.05, 3.63) is 23.8 Å². The summed E-state index contributed by atoms with van der Waals surface area (Å²) in [5.41, 5.74) is 1.64. The van der Waals surface area contributed by atoms with E-state index in [9.17, 15) is 9.90 Å². The summed E-state index contributed by atoms with van der Waals surface area (Å²) in [6.45, 7) is 5.07. The van der Waals surface area contributed by atoms with Crippen LogP contribution >= 0.6 is 0 Å². The Morgan fingerprint density at radius 2 is 2.05 bits per heavy atom. The molecule has 0 bridgehead atoms. The number of hydrogen-bond donors (Lipinski definition) is 1. The van der Waals surface area contributed by atoms with Crippen molar-refractivity contribution in [2.75, 3.05) is 6.61 Å². The Hall–Kier alpha value is -0.890. The Morgan fingerprint density at radius 3 is 2.82 bits per heavy atom. The minimum Gasteiger partial charge on any atom is -0.396 e. The summed E-state index contributed by atoms with van der Waals surface area (Å²) < 4.78 is 0. The molecule has 0 aromatic heterocycles. The lowest BCUT2D eigenvalue weighted by Gasteiger charge is -2.57. The largest absolute Gasteiger partial charge is 0.396 e. The molecule has 0 radical (unpaired) electrons. The molecule has 22 heavy (non-hydrogen) atoms. The second-order valence-corrected chi connectivity index (χ2v) is 8.51. The summed E-state index contributed by atoms with van der Waals surface area (Å²) in [6, 6.07) is 0. The van der Waals surface area contributed by atoms with Gasteiger partial charge in [0.1, 0.15) is 0 Å². The van der Waals surface area contributed by atoms with E-state index in [2.05, 4.69) is 19.9 Å². The molecule has 0 saturated heterocycles. The van der Waals surface area contributed by atoms with Crippen molar-refractivity contribution in [3.63, 3.8) is 0 Å². The van der Waals surface area contributed by atoms with Gasteiger partial charge in [-0.05, 0) is 79.8 Å². The molecule has 1 N–H and O–H groups in total. The van der Waals surface area contributed by atoms with Crippen LogP contribution in [0.2, 0.25) is 0 Å². The van der Waals surface area contributed by atoms with E-state index in [0.29, 0.717) is 24.4 Å². The maximum absolute atomic E-state index is 11.7. The molecule has 4 rings (SSSR count). The van der Waals surface area contributed by atoms with E-state index >= 15 is 0 Å². The van der Waals surface area contributed by atoms with Crippen molar-refractivity contribution in [2.45, 2.75) is 52.4 Å². The zero-order chi connectivity index (χ0) is 15.5. The average Bonchev–Trinajstić information content (AvgIpc) is 2.86. The number of carbonyl (C=O) groups is 1.